The first-order valence-electron chi connectivity index (χ1n) is 10.8. The van der Waals surface area contributed by atoms with Crippen LogP contribution in [0.2, 0.25) is 0 Å². The van der Waals surface area contributed by atoms with E-state index < -0.39 is 34.1 Å². The van der Waals surface area contributed by atoms with Crippen LogP contribution >= 0.6 is 0 Å². The summed E-state index contributed by atoms with van der Waals surface area (Å²) >= 11 is 0. The molecule has 2 fully saturated rings. The number of aryl methyl sites for hydroxylation is 2. The van der Waals surface area contributed by atoms with Crippen LogP contribution in [0.4, 0.5) is 10.5 Å². The second-order valence-electron chi connectivity index (χ2n) is 8.74. The lowest BCUT2D eigenvalue weighted by Gasteiger charge is -2.25. The van der Waals surface area contributed by atoms with Crippen LogP contribution in [0, 0.1) is 19.8 Å². The first-order valence-corrected chi connectivity index (χ1v) is 12.6. The minimum Gasteiger partial charge on any atom is -0.390 e. The van der Waals surface area contributed by atoms with Gasteiger partial charge in [-0.1, -0.05) is 10.4 Å². The third-order valence-corrected chi connectivity index (χ3v) is 7.83. The molecule has 0 bridgehead atoms. The Bertz CT molecular complexity index is 1070. The molecule has 4 N–H and O–H groups in total. The summed E-state index contributed by atoms with van der Waals surface area (Å²) < 4.78 is 29.8. The van der Waals surface area contributed by atoms with Gasteiger partial charge in [-0.3, -0.25) is 9.58 Å². The van der Waals surface area contributed by atoms with Gasteiger partial charge in [0.25, 0.3) is 0 Å². The third kappa shape index (κ3) is 5.51. The predicted octanol–water partition coefficient (Wildman–Crippen LogP) is -0.955. The van der Waals surface area contributed by atoms with Crippen molar-refractivity contribution in [1.82, 2.24) is 30.4 Å². The number of carbonyl (C=O) groups is 1. The van der Waals surface area contributed by atoms with Gasteiger partial charge in [0.05, 0.1) is 29.3 Å². The smallest absolute Gasteiger partial charge is 0.319 e. The number of anilines is 1. The standard InChI is InChI=1S/C19H29N7O6S/c1-11-16(12(2)32-23-11)21-19(29)20-15-7-13(17(27)18(15)28)8-26-10-14(22-24-26)9-25-3-5-33(30,31)6-4-25/h10,13,15,17-18,27-28H,3-9H2,1-2H3,(H2,20,21,29)/t13-,15-,17-,18+/m1/s1. The Labute approximate surface area is 191 Å². The number of nitrogens with one attached hydrogen (secondary N) is 2. The molecule has 0 spiro atoms. The molecule has 0 unspecified atom stereocenters. The molecule has 182 valence electrons. The predicted molar refractivity (Wildman–Crippen MR) is 116 cm³/mol. The minimum atomic E-state index is -2.94. The highest BCUT2D eigenvalue weighted by Gasteiger charge is 2.42. The number of aromatic nitrogens is 4. The number of carbonyl (C=O) groups excluding carboxylic acids is 1. The summed E-state index contributed by atoms with van der Waals surface area (Å²) in [6, 6.07) is -1.16. The number of aliphatic hydroxyl groups is 2. The molecule has 3 heterocycles. The zero-order chi connectivity index (χ0) is 23.8. The molecule has 0 aromatic carbocycles. The number of hydrogen-bond donors (Lipinski definition) is 4. The summed E-state index contributed by atoms with van der Waals surface area (Å²) in [4.78, 5) is 14.4. The summed E-state index contributed by atoms with van der Waals surface area (Å²) in [5.74, 6) is 0.427. The van der Waals surface area contributed by atoms with Crippen molar-refractivity contribution in [2.45, 2.75) is 51.6 Å². The molecular formula is C19H29N7O6S. The molecule has 1 aliphatic carbocycles. The van der Waals surface area contributed by atoms with Crippen LogP contribution in [0.3, 0.4) is 0 Å². The van der Waals surface area contributed by atoms with Gasteiger partial charge in [-0.2, -0.15) is 0 Å². The molecule has 2 aliphatic rings. The number of hydrogen-bond acceptors (Lipinski definition) is 10. The molecule has 2 aromatic rings. The van der Waals surface area contributed by atoms with Crippen molar-refractivity contribution in [1.29, 1.82) is 0 Å². The van der Waals surface area contributed by atoms with E-state index in [0.29, 0.717) is 55.4 Å². The molecule has 1 aliphatic heterocycles. The minimum absolute atomic E-state index is 0.144. The van der Waals surface area contributed by atoms with E-state index >= 15 is 0 Å². The lowest BCUT2D eigenvalue weighted by Crippen LogP contribution is -2.44. The number of rotatable bonds is 6. The Morgan fingerprint density at radius 2 is 1.97 bits per heavy atom. The maximum absolute atomic E-state index is 12.4. The van der Waals surface area contributed by atoms with Crippen LogP contribution in [0.25, 0.3) is 0 Å². The topological polar surface area (TPSA) is 176 Å². The maximum Gasteiger partial charge on any atom is 0.319 e. The van der Waals surface area contributed by atoms with Gasteiger partial charge in [0.1, 0.15) is 17.5 Å². The van der Waals surface area contributed by atoms with Crippen molar-refractivity contribution in [2.75, 3.05) is 29.9 Å². The Kier molecular flexibility index (Phi) is 6.70. The molecule has 2 aromatic heterocycles. The molecule has 1 saturated heterocycles. The second kappa shape index (κ2) is 9.37. The van der Waals surface area contributed by atoms with Gasteiger partial charge >= 0.3 is 6.03 Å². The Hall–Kier alpha value is -2.55. The van der Waals surface area contributed by atoms with Gasteiger partial charge in [0.2, 0.25) is 0 Å². The quantitative estimate of drug-likeness (QED) is 0.400. The van der Waals surface area contributed by atoms with Crippen LogP contribution in [-0.4, -0.2) is 92.6 Å². The first-order chi connectivity index (χ1) is 15.6. The third-order valence-electron chi connectivity index (χ3n) is 6.22. The highest BCUT2D eigenvalue weighted by molar-refractivity contribution is 7.91. The zero-order valence-corrected chi connectivity index (χ0v) is 19.3. The average Bonchev–Trinajstić information content (AvgIpc) is 3.41. The van der Waals surface area contributed by atoms with Crippen molar-refractivity contribution in [3.63, 3.8) is 0 Å². The molecule has 13 nitrogen and oxygen atoms in total. The number of sulfone groups is 1. The second-order valence-corrected chi connectivity index (χ2v) is 11.0. The summed E-state index contributed by atoms with van der Waals surface area (Å²) in [7, 11) is -2.94. The lowest BCUT2D eigenvalue weighted by atomic mass is 10.1. The Morgan fingerprint density at radius 3 is 2.64 bits per heavy atom. The van der Waals surface area contributed by atoms with E-state index in [4.69, 9.17) is 4.52 Å². The first kappa shape index (κ1) is 23.6. The maximum atomic E-state index is 12.4. The van der Waals surface area contributed by atoms with E-state index in [2.05, 4.69) is 26.1 Å². The van der Waals surface area contributed by atoms with E-state index in [0.717, 1.165) is 0 Å². The number of amides is 2. The van der Waals surface area contributed by atoms with Gasteiger partial charge in [0, 0.05) is 38.3 Å². The summed E-state index contributed by atoms with van der Waals surface area (Å²) in [6.45, 7) is 5.13. The fourth-order valence-electron chi connectivity index (χ4n) is 4.31. The van der Waals surface area contributed by atoms with Gasteiger partial charge in [0.15, 0.2) is 15.6 Å². The van der Waals surface area contributed by atoms with Crippen LogP contribution in [0.15, 0.2) is 10.7 Å². The number of urea groups is 1. The van der Waals surface area contributed by atoms with E-state index in [1.165, 1.54) is 0 Å². The highest BCUT2D eigenvalue weighted by Crippen LogP contribution is 2.28. The fourth-order valence-corrected chi connectivity index (χ4v) is 5.58. The van der Waals surface area contributed by atoms with Gasteiger partial charge in [-0.25, -0.2) is 13.2 Å². The molecule has 1 saturated carbocycles. The normalized spacial score (nSPS) is 27.5. The van der Waals surface area contributed by atoms with Crippen molar-refractivity contribution >= 4 is 21.6 Å². The average molecular weight is 484 g/mol. The summed E-state index contributed by atoms with van der Waals surface area (Å²) in [5, 5.41) is 38.3. The molecule has 4 atom stereocenters. The number of aliphatic hydroxyl groups excluding tert-OH is 2. The SMILES string of the molecule is Cc1noc(C)c1NC(=O)N[C@@H]1C[C@H](Cn2cc(CN3CCS(=O)(=O)CC3)nn2)[C@@H](O)[C@H]1O. The lowest BCUT2D eigenvalue weighted by molar-refractivity contribution is 0.00877. The Balaban J connectivity index is 1.30. The number of nitrogens with zero attached hydrogens (tertiary/aromatic N) is 5. The molecule has 2 amide bonds. The van der Waals surface area contributed by atoms with Crippen molar-refractivity contribution in [3.05, 3.63) is 23.3 Å². The van der Waals surface area contributed by atoms with Gasteiger partial charge in [-0.05, 0) is 20.3 Å². The zero-order valence-electron chi connectivity index (χ0n) is 18.5. The van der Waals surface area contributed by atoms with E-state index in [1.54, 1.807) is 24.7 Å². The molecule has 14 heteroatoms. The van der Waals surface area contributed by atoms with Crippen molar-refractivity contribution in [3.8, 4) is 0 Å². The van der Waals surface area contributed by atoms with E-state index in [9.17, 15) is 23.4 Å². The van der Waals surface area contributed by atoms with Crippen LogP contribution in [-0.2, 0) is 22.9 Å². The van der Waals surface area contributed by atoms with Crippen LogP contribution in [0.5, 0.6) is 0 Å². The van der Waals surface area contributed by atoms with Crippen LogP contribution in [0.1, 0.15) is 23.6 Å². The molecular weight excluding hydrogens is 454 g/mol. The largest absolute Gasteiger partial charge is 0.390 e. The fraction of sp³-hybridized carbons (Fsp3) is 0.684. The van der Waals surface area contributed by atoms with Crippen molar-refractivity contribution in [2.24, 2.45) is 5.92 Å². The van der Waals surface area contributed by atoms with Gasteiger partial charge < -0.3 is 25.4 Å². The molecule has 4 rings (SSSR count). The highest BCUT2D eigenvalue weighted by atomic mass is 32.2. The van der Waals surface area contributed by atoms with Crippen LogP contribution < -0.4 is 10.6 Å². The van der Waals surface area contributed by atoms with Gasteiger partial charge in [-0.15, -0.1) is 5.10 Å². The monoisotopic (exact) mass is 483 g/mol. The summed E-state index contributed by atoms with van der Waals surface area (Å²) in [5.41, 5.74) is 1.72. The van der Waals surface area contributed by atoms with Crippen molar-refractivity contribution < 1.29 is 27.9 Å². The Morgan fingerprint density at radius 1 is 1.24 bits per heavy atom. The molecule has 33 heavy (non-hydrogen) atoms. The van der Waals surface area contributed by atoms with E-state index in [-0.39, 0.29) is 17.4 Å². The van der Waals surface area contributed by atoms with E-state index in [1.807, 2.05) is 4.90 Å². The summed E-state index contributed by atoms with van der Waals surface area (Å²) in [6.07, 6.45) is -0.0399. The molecule has 0 radical (unpaired) electrons.